The maximum atomic E-state index is 12.2. The highest BCUT2D eigenvalue weighted by Crippen LogP contribution is 2.36. The SMILES string of the molecule is O=C(CCCC=CC[C@@H]1[C@@H](C=C[C@@H](O)COc2cccc(Cl)c2)[C@H](O)C[C@@H]1O)NCCN1CCN(CCCO[N+](=O)[O-])CC1. The van der Waals surface area contributed by atoms with E-state index in [4.69, 9.17) is 16.3 Å². The van der Waals surface area contributed by atoms with Gasteiger partial charge >= 0.3 is 0 Å². The molecule has 13 heteroatoms. The van der Waals surface area contributed by atoms with Gasteiger partial charge in [0, 0.05) is 69.6 Å². The summed E-state index contributed by atoms with van der Waals surface area (Å²) in [5.74, 6) is 0.150. The highest BCUT2D eigenvalue weighted by Gasteiger charge is 2.39. The number of carbonyl (C=O) groups is 1. The summed E-state index contributed by atoms with van der Waals surface area (Å²) in [6.07, 6.45) is 8.62. The topological polar surface area (TPSA) is 158 Å². The number of allylic oxidation sites excluding steroid dienone is 2. The smallest absolute Gasteiger partial charge is 0.294 e. The molecule has 2 aliphatic rings. The average Bonchev–Trinajstić information content (AvgIpc) is 3.26. The Hall–Kier alpha value is -2.74. The second kappa shape index (κ2) is 19.6. The molecule has 1 amide bonds. The molecule has 1 aromatic rings. The van der Waals surface area contributed by atoms with Crippen molar-refractivity contribution in [3.05, 3.63) is 63.7 Å². The number of halogens is 1. The number of amides is 1. The van der Waals surface area contributed by atoms with Gasteiger partial charge in [-0.15, -0.1) is 10.1 Å². The minimum atomic E-state index is -0.867. The monoisotopic (exact) mass is 638 g/mol. The van der Waals surface area contributed by atoms with Gasteiger partial charge in [0.15, 0.2) is 0 Å². The third-order valence-electron chi connectivity index (χ3n) is 8.07. The molecule has 246 valence electrons. The van der Waals surface area contributed by atoms with Crippen molar-refractivity contribution in [2.75, 3.05) is 59.0 Å². The fourth-order valence-corrected chi connectivity index (χ4v) is 5.79. The largest absolute Gasteiger partial charge is 0.491 e. The van der Waals surface area contributed by atoms with Crippen LogP contribution in [0.5, 0.6) is 5.75 Å². The van der Waals surface area contributed by atoms with Crippen molar-refractivity contribution in [1.29, 1.82) is 0 Å². The first-order valence-corrected chi connectivity index (χ1v) is 15.8. The lowest BCUT2D eigenvalue weighted by atomic mass is 9.89. The third-order valence-corrected chi connectivity index (χ3v) is 8.30. The number of ether oxygens (including phenoxy) is 1. The van der Waals surface area contributed by atoms with Crippen LogP contribution in [0, 0.1) is 22.0 Å². The quantitative estimate of drug-likeness (QED) is 0.0768. The molecule has 1 heterocycles. The highest BCUT2D eigenvalue weighted by atomic mass is 35.5. The number of aliphatic hydroxyl groups excluding tert-OH is 3. The van der Waals surface area contributed by atoms with Gasteiger partial charge in [-0.2, -0.15) is 0 Å². The highest BCUT2D eigenvalue weighted by molar-refractivity contribution is 6.30. The number of aliphatic hydroxyl groups is 3. The Balaban J connectivity index is 1.25. The molecule has 1 aliphatic heterocycles. The number of hydrogen-bond acceptors (Lipinski definition) is 10. The van der Waals surface area contributed by atoms with Crippen molar-refractivity contribution < 1.29 is 34.8 Å². The van der Waals surface area contributed by atoms with E-state index in [0.29, 0.717) is 43.0 Å². The van der Waals surface area contributed by atoms with E-state index in [-0.39, 0.29) is 31.0 Å². The zero-order chi connectivity index (χ0) is 31.7. The van der Waals surface area contributed by atoms with E-state index in [1.54, 1.807) is 36.4 Å². The number of hydrogen-bond donors (Lipinski definition) is 4. The Morgan fingerprint density at radius 2 is 1.89 bits per heavy atom. The van der Waals surface area contributed by atoms with Gasteiger partial charge in [-0.25, -0.2) is 0 Å². The Morgan fingerprint density at radius 3 is 2.61 bits per heavy atom. The van der Waals surface area contributed by atoms with Crippen molar-refractivity contribution in [3.63, 3.8) is 0 Å². The predicted octanol–water partition coefficient (Wildman–Crippen LogP) is 2.44. The zero-order valence-corrected chi connectivity index (χ0v) is 26.0. The van der Waals surface area contributed by atoms with E-state index < -0.39 is 23.4 Å². The van der Waals surface area contributed by atoms with Gasteiger partial charge in [0.1, 0.15) is 18.5 Å². The van der Waals surface area contributed by atoms with E-state index in [1.807, 2.05) is 12.2 Å². The first-order valence-electron chi connectivity index (χ1n) is 15.5. The maximum Gasteiger partial charge on any atom is 0.294 e. The molecular formula is C31H47ClN4O8. The normalized spacial score (nSPS) is 23.7. The Morgan fingerprint density at radius 1 is 1.14 bits per heavy atom. The molecule has 0 spiro atoms. The van der Waals surface area contributed by atoms with E-state index in [1.165, 1.54) is 0 Å². The van der Waals surface area contributed by atoms with Crippen LogP contribution in [0.4, 0.5) is 0 Å². The molecular weight excluding hydrogens is 592 g/mol. The summed E-state index contributed by atoms with van der Waals surface area (Å²) in [6.45, 7) is 5.94. The van der Waals surface area contributed by atoms with Crippen LogP contribution >= 0.6 is 11.6 Å². The van der Waals surface area contributed by atoms with Gasteiger partial charge in [-0.3, -0.25) is 9.69 Å². The number of carbonyl (C=O) groups excluding carboxylic acids is 1. The molecule has 44 heavy (non-hydrogen) atoms. The van der Waals surface area contributed by atoms with Gasteiger partial charge in [-0.05, 0) is 49.8 Å². The summed E-state index contributed by atoms with van der Waals surface area (Å²) in [5, 5.41) is 44.2. The summed E-state index contributed by atoms with van der Waals surface area (Å²) in [4.78, 5) is 31.4. The fourth-order valence-electron chi connectivity index (χ4n) is 5.61. The summed E-state index contributed by atoms with van der Waals surface area (Å²) in [6, 6.07) is 6.93. The molecule has 0 bridgehead atoms. The minimum absolute atomic E-state index is 0.0280. The van der Waals surface area contributed by atoms with Gasteiger partial charge in [0.25, 0.3) is 5.09 Å². The number of nitrogens with zero attached hydrogens (tertiary/aromatic N) is 3. The van der Waals surface area contributed by atoms with Crippen molar-refractivity contribution >= 4 is 17.5 Å². The van der Waals surface area contributed by atoms with Crippen molar-refractivity contribution in [1.82, 2.24) is 15.1 Å². The van der Waals surface area contributed by atoms with Crippen LogP contribution in [0.2, 0.25) is 5.02 Å². The number of nitrogens with one attached hydrogen (secondary N) is 1. The molecule has 0 radical (unpaired) electrons. The van der Waals surface area contributed by atoms with E-state index in [9.17, 15) is 30.2 Å². The standard InChI is InChI=1S/C31H47ClN4O8/c32-24-7-5-8-26(21-24)43-23-25(37)11-12-28-27(29(38)22-30(28)39)9-3-1-2-4-10-31(40)33-13-15-35-18-16-34(17-19-35)14-6-20-44-36(41)42/h1,3,5,7-8,11-12,21,25,27-30,37-39H,2,4,6,9-10,13-20,22-23H2,(H,33,40)/t25-,27-,28-,29+,30-/m1/s1. The fraction of sp³-hybridized carbons (Fsp3) is 0.645. The Labute approximate surface area is 264 Å². The maximum absolute atomic E-state index is 12.2. The van der Waals surface area contributed by atoms with Gasteiger partial charge in [-0.1, -0.05) is 42.0 Å². The summed E-state index contributed by atoms with van der Waals surface area (Å²) in [7, 11) is 0. The Bertz CT molecular complexity index is 1070. The molecule has 0 aromatic heterocycles. The van der Waals surface area contributed by atoms with Crippen LogP contribution in [0.3, 0.4) is 0 Å². The van der Waals surface area contributed by atoms with E-state index >= 15 is 0 Å². The van der Waals surface area contributed by atoms with Gasteiger partial charge in [0.05, 0.1) is 18.8 Å². The lowest BCUT2D eigenvalue weighted by Gasteiger charge is -2.34. The van der Waals surface area contributed by atoms with Crippen molar-refractivity contribution in [2.24, 2.45) is 11.8 Å². The van der Waals surface area contributed by atoms with Crippen LogP contribution < -0.4 is 10.1 Å². The molecule has 0 unspecified atom stereocenters. The summed E-state index contributed by atoms with van der Waals surface area (Å²) in [5.41, 5.74) is 0. The minimum Gasteiger partial charge on any atom is -0.491 e. The lowest BCUT2D eigenvalue weighted by molar-refractivity contribution is -0.757. The number of unbranched alkanes of at least 4 members (excludes halogenated alkanes) is 1. The van der Waals surface area contributed by atoms with Crippen LogP contribution in [-0.2, 0) is 9.63 Å². The van der Waals surface area contributed by atoms with Crippen molar-refractivity contribution in [2.45, 2.75) is 56.8 Å². The van der Waals surface area contributed by atoms with Crippen LogP contribution in [0.15, 0.2) is 48.6 Å². The van der Waals surface area contributed by atoms with E-state index in [0.717, 1.165) is 52.1 Å². The van der Waals surface area contributed by atoms with Gasteiger partial charge < -0.3 is 35.1 Å². The summed E-state index contributed by atoms with van der Waals surface area (Å²) < 4.78 is 5.57. The number of benzene rings is 1. The van der Waals surface area contributed by atoms with Crippen LogP contribution in [0.25, 0.3) is 0 Å². The second-order valence-electron chi connectivity index (χ2n) is 11.4. The molecule has 5 atom stereocenters. The molecule has 2 fully saturated rings. The first kappa shape index (κ1) is 35.7. The molecule has 1 saturated heterocycles. The Kier molecular flexibility index (Phi) is 15.9. The molecule has 12 nitrogen and oxygen atoms in total. The molecule has 3 rings (SSSR count). The third kappa shape index (κ3) is 13.5. The molecule has 1 aliphatic carbocycles. The van der Waals surface area contributed by atoms with Crippen LogP contribution in [-0.4, -0.2) is 113 Å². The predicted molar refractivity (Wildman–Crippen MR) is 167 cm³/mol. The second-order valence-corrected chi connectivity index (χ2v) is 11.8. The number of piperazine rings is 1. The van der Waals surface area contributed by atoms with Gasteiger partial charge in [0.2, 0.25) is 5.91 Å². The van der Waals surface area contributed by atoms with E-state index in [2.05, 4.69) is 20.0 Å². The number of rotatable bonds is 19. The average molecular weight is 639 g/mol. The van der Waals surface area contributed by atoms with Crippen molar-refractivity contribution in [3.8, 4) is 5.75 Å². The molecule has 1 saturated carbocycles. The lowest BCUT2D eigenvalue weighted by Crippen LogP contribution is -2.48. The zero-order valence-electron chi connectivity index (χ0n) is 25.2. The molecule has 1 aromatic carbocycles. The summed E-state index contributed by atoms with van der Waals surface area (Å²) >= 11 is 5.95. The molecule has 4 N–H and O–H groups in total. The first-order chi connectivity index (χ1) is 21.2. The van der Waals surface area contributed by atoms with Crippen LogP contribution in [0.1, 0.15) is 38.5 Å².